The zero-order chi connectivity index (χ0) is 22.1. The zero-order valence-electron chi connectivity index (χ0n) is 17.1. The summed E-state index contributed by atoms with van der Waals surface area (Å²) in [6.07, 6.45) is 1.69. The van der Waals surface area contributed by atoms with Gasteiger partial charge in [-0.15, -0.1) is 0 Å². The summed E-state index contributed by atoms with van der Waals surface area (Å²) >= 11 is 1.14. The molecule has 0 aliphatic heterocycles. The molecule has 1 amide bonds. The van der Waals surface area contributed by atoms with E-state index in [0.717, 1.165) is 34.0 Å². The number of aryl methyl sites for hydroxylation is 1. The number of anilines is 1. The lowest BCUT2D eigenvalue weighted by molar-refractivity contribution is -0.112. The maximum atomic E-state index is 12.9. The van der Waals surface area contributed by atoms with Crippen molar-refractivity contribution in [3.8, 4) is 11.3 Å². The van der Waals surface area contributed by atoms with E-state index in [1.165, 1.54) is 0 Å². The third-order valence-corrected chi connectivity index (χ3v) is 5.85. The molecule has 0 aliphatic rings. The lowest BCUT2D eigenvalue weighted by atomic mass is 10.1. The van der Waals surface area contributed by atoms with Gasteiger partial charge in [-0.2, -0.15) is 4.37 Å². The Kier molecular flexibility index (Phi) is 5.12. The van der Waals surface area contributed by atoms with Crippen LogP contribution < -0.4 is 5.32 Å². The van der Waals surface area contributed by atoms with Gasteiger partial charge in [0.15, 0.2) is 5.76 Å². The number of benzene rings is 2. The Labute approximate surface area is 187 Å². The molecule has 0 radical (unpaired) electrons. The third kappa shape index (κ3) is 3.83. The molecule has 0 atom stereocenters. The van der Waals surface area contributed by atoms with Crippen LogP contribution in [-0.4, -0.2) is 25.8 Å². The number of amides is 1. The summed E-state index contributed by atoms with van der Waals surface area (Å²) in [5, 5.41) is 8.04. The Balaban J connectivity index is 1.43. The van der Waals surface area contributed by atoms with Gasteiger partial charge in [0, 0.05) is 28.7 Å². The SMILES string of the molecule is Cc1cc(NC(=O)C(=O)c2cn(Cc3cc(-c4ccccc4)no3)c3ccccc23)sn1. The van der Waals surface area contributed by atoms with Crippen LogP contribution in [0.2, 0.25) is 0 Å². The summed E-state index contributed by atoms with van der Waals surface area (Å²) in [7, 11) is 0. The van der Waals surface area contributed by atoms with E-state index >= 15 is 0 Å². The summed E-state index contributed by atoms with van der Waals surface area (Å²) in [6.45, 7) is 2.21. The summed E-state index contributed by atoms with van der Waals surface area (Å²) in [6, 6.07) is 20.8. The topological polar surface area (TPSA) is 90.0 Å². The Morgan fingerprint density at radius 2 is 1.84 bits per heavy atom. The summed E-state index contributed by atoms with van der Waals surface area (Å²) in [5.74, 6) is -0.649. The molecule has 0 saturated heterocycles. The van der Waals surface area contributed by atoms with Gasteiger partial charge in [-0.25, -0.2) is 0 Å². The van der Waals surface area contributed by atoms with E-state index in [-0.39, 0.29) is 0 Å². The second kappa shape index (κ2) is 8.24. The number of nitrogens with one attached hydrogen (secondary N) is 1. The molecule has 5 rings (SSSR count). The van der Waals surface area contributed by atoms with E-state index in [1.807, 2.05) is 72.2 Å². The van der Waals surface area contributed by atoms with Crippen LogP contribution in [0.1, 0.15) is 21.8 Å². The van der Waals surface area contributed by atoms with Gasteiger partial charge in [0.1, 0.15) is 10.7 Å². The van der Waals surface area contributed by atoms with E-state index in [9.17, 15) is 9.59 Å². The highest BCUT2D eigenvalue weighted by Gasteiger charge is 2.22. The Bertz CT molecular complexity index is 1430. The Hall–Kier alpha value is -4.04. The number of fused-ring (bicyclic) bond motifs is 1. The first kappa shape index (κ1) is 19.9. The van der Waals surface area contributed by atoms with Gasteiger partial charge in [0.05, 0.1) is 17.8 Å². The first-order valence-corrected chi connectivity index (χ1v) is 10.7. The largest absolute Gasteiger partial charge is 0.359 e. The van der Waals surface area contributed by atoms with Crippen LogP contribution >= 0.6 is 11.5 Å². The number of hydrogen-bond acceptors (Lipinski definition) is 6. The van der Waals surface area contributed by atoms with Crippen molar-refractivity contribution >= 4 is 39.1 Å². The molecule has 0 bridgehead atoms. The fraction of sp³-hybridized carbons (Fsp3) is 0.0833. The molecule has 0 saturated carbocycles. The van der Waals surface area contributed by atoms with Gasteiger partial charge in [-0.05, 0) is 30.6 Å². The second-order valence-electron chi connectivity index (χ2n) is 7.35. The first-order valence-electron chi connectivity index (χ1n) is 9.96. The number of hydrogen-bond donors (Lipinski definition) is 1. The van der Waals surface area contributed by atoms with Gasteiger partial charge < -0.3 is 14.4 Å². The number of carbonyl (C=O) groups excluding carboxylic acids is 2. The normalized spacial score (nSPS) is 11.0. The minimum Gasteiger partial charge on any atom is -0.359 e. The van der Waals surface area contributed by atoms with Crippen LogP contribution in [0, 0.1) is 6.92 Å². The molecule has 32 heavy (non-hydrogen) atoms. The molecule has 0 spiro atoms. The highest BCUT2D eigenvalue weighted by atomic mass is 32.1. The van der Waals surface area contributed by atoms with Crippen molar-refractivity contribution in [3.05, 3.63) is 89.9 Å². The Morgan fingerprint density at radius 1 is 1.06 bits per heavy atom. The van der Waals surface area contributed by atoms with Crippen molar-refractivity contribution in [2.45, 2.75) is 13.5 Å². The maximum absolute atomic E-state index is 12.9. The number of rotatable bonds is 6. The number of nitrogens with zero attached hydrogens (tertiary/aromatic N) is 3. The van der Waals surface area contributed by atoms with E-state index in [4.69, 9.17) is 4.52 Å². The van der Waals surface area contributed by atoms with Crippen molar-refractivity contribution < 1.29 is 14.1 Å². The predicted octanol–water partition coefficient (Wildman–Crippen LogP) is 4.93. The van der Waals surface area contributed by atoms with Crippen LogP contribution in [0.5, 0.6) is 0 Å². The third-order valence-electron chi connectivity index (χ3n) is 5.06. The summed E-state index contributed by atoms with van der Waals surface area (Å²) in [5.41, 5.74) is 3.66. The fourth-order valence-electron chi connectivity index (χ4n) is 3.57. The number of carbonyl (C=O) groups is 2. The molecule has 1 N–H and O–H groups in total. The second-order valence-corrected chi connectivity index (χ2v) is 8.15. The van der Waals surface area contributed by atoms with Gasteiger partial charge in [-0.3, -0.25) is 9.59 Å². The number of para-hydroxylation sites is 1. The maximum Gasteiger partial charge on any atom is 0.297 e. The highest BCUT2D eigenvalue weighted by molar-refractivity contribution is 7.10. The summed E-state index contributed by atoms with van der Waals surface area (Å²) in [4.78, 5) is 25.5. The molecule has 3 heterocycles. The minimum absolute atomic E-state index is 0.335. The van der Waals surface area contributed by atoms with Crippen LogP contribution in [-0.2, 0) is 11.3 Å². The molecule has 2 aromatic carbocycles. The van der Waals surface area contributed by atoms with Crippen LogP contribution in [0.4, 0.5) is 5.00 Å². The smallest absolute Gasteiger partial charge is 0.297 e. The molecule has 0 fully saturated rings. The fourth-order valence-corrected chi connectivity index (χ4v) is 4.23. The van der Waals surface area contributed by atoms with Crippen LogP contribution in [0.3, 0.4) is 0 Å². The monoisotopic (exact) mass is 442 g/mol. The standard InChI is InChI=1S/C24H18N4O3S/c1-15-11-22(32-27-15)25-24(30)23(29)19-14-28(21-10-6-5-9-18(19)21)13-17-12-20(26-31-17)16-7-3-2-4-8-16/h2-12,14H,13H2,1H3,(H,25,30). The van der Waals surface area contributed by atoms with Crippen molar-refractivity contribution in [2.75, 3.05) is 5.32 Å². The molecule has 8 heteroatoms. The van der Waals surface area contributed by atoms with E-state index in [1.54, 1.807) is 12.3 Å². The number of ketones is 1. The molecular formula is C24H18N4O3S. The van der Waals surface area contributed by atoms with Crippen molar-refractivity contribution in [1.29, 1.82) is 0 Å². The average Bonchev–Trinajstić information content (AvgIpc) is 3.54. The van der Waals surface area contributed by atoms with Gasteiger partial charge in [-0.1, -0.05) is 53.7 Å². The molecule has 0 unspecified atom stereocenters. The average molecular weight is 443 g/mol. The van der Waals surface area contributed by atoms with Crippen molar-refractivity contribution in [2.24, 2.45) is 0 Å². The van der Waals surface area contributed by atoms with Crippen LogP contribution in [0.15, 0.2) is 77.4 Å². The summed E-state index contributed by atoms with van der Waals surface area (Å²) < 4.78 is 11.5. The van der Waals surface area contributed by atoms with Gasteiger partial charge >= 0.3 is 0 Å². The van der Waals surface area contributed by atoms with E-state index in [0.29, 0.717) is 28.3 Å². The van der Waals surface area contributed by atoms with Gasteiger partial charge in [0.25, 0.3) is 11.7 Å². The Morgan fingerprint density at radius 3 is 2.62 bits per heavy atom. The van der Waals surface area contributed by atoms with E-state index < -0.39 is 11.7 Å². The molecule has 0 aliphatic carbocycles. The quantitative estimate of drug-likeness (QED) is 0.297. The highest BCUT2D eigenvalue weighted by Crippen LogP contribution is 2.25. The molecule has 5 aromatic rings. The molecular weight excluding hydrogens is 424 g/mol. The van der Waals surface area contributed by atoms with Crippen LogP contribution in [0.25, 0.3) is 22.2 Å². The minimum atomic E-state index is -0.692. The van der Waals surface area contributed by atoms with Crippen molar-refractivity contribution in [1.82, 2.24) is 14.1 Å². The molecule has 3 aromatic heterocycles. The number of Topliss-reactive ketones (excluding diaryl/α,β-unsaturated/α-hetero) is 1. The molecule has 7 nitrogen and oxygen atoms in total. The van der Waals surface area contributed by atoms with Gasteiger partial charge in [0.2, 0.25) is 0 Å². The van der Waals surface area contributed by atoms with E-state index in [2.05, 4.69) is 14.8 Å². The number of aromatic nitrogens is 3. The lowest BCUT2D eigenvalue weighted by Crippen LogP contribution is -2.22. The predicted molar refractivity (Wildman–Crippen MR) is 123 cm³/mol. The van der Waals surface area contributed by atoms with Crippen molar-refractivity contribution in [3.63, 3.8) is 0 Å². The lowest BCUT2D eigenvalue weighted by Gasteiger charge is -2.01. The molecule has 158 valence electrons. The first-order chi connectivity index (χ1) is 15.6. The zero-order valence-corrected chi connectivity index (χ0v) is 17.9.